The van der Waals surface area contributed by atoms with Gasteiger partial charge in [0.15, 0.2) is 6.10 Å². The number of hydrogen-bond acceptors (Lipinski definition) is 3. The number of benzene rings is 1. The van der Waals surface area contributed by atoms with Crippen molar-refractivity contribution in [2.75, 3.05) is 5.32 Å². The quantitative estimate of drug-likeness (QED) is 0.863. The average Bonchev–Trinajstić information content (AvgIpc) is 2.22. The lowest BCUT2D eigenvalue weighted by atomic mass is 10.3. The SMILES string of the molecule is CC(=O)O[C@H](C)C(=O)Nc1c(Cl)cccc1Cl. The molecule has 0 radical (unpaired) electrons. The molecule has 0 heterocycles. The van der Waals surface area contributed by atoms with E-state index in [1.165, 1.54) is 13.8 Å². The van der Waals surface area contributed by atoms with Gasteiger partial charge in [0.25, 0.3) is 5.91 Å². The summed E-state index contributed by atoms with van der Waals surface area (Å²) in [7, 11) is 0. The van der Waals surface area contributed by atoms with Crippen molar-refractivity contribution in [3.63, 3.8) is 0 Å². The van der Waals surface area contributed by atoms with Crippen molar-refractivity contribution in [3.8, 4) is 0 Å². The number of esters is 1. The first-order valence-electron chi connectivity index (χ1n) is 4.84. The van der Waals surface area contributed by atoms with Crippen molar-refractivity contribution in [2.45, 2.75) is 20.0 Å². The standard InChI is InChI=1S/C11H11Cl2NO3/c1-6(17-7(2)15)11(16)14-10-8(12)4-3-5-9(10)13/h3-6H,1-2H3,(H,14,16)/t6-/m1/s1. The first-order valence-corrected chi connectivity index (χ1v) is 5.59. The Hall–Kier alpha value is -1.26. The van der Waals surface area contributed by atoms with Gasteiger partial charge in [-0.2, -0.15) is 0 Å². The molecular weight excluding hydrogens is 265 g/mol. The van der Waals surface area contributed by atoms with Crippen LogP contribution in [-0.2, 0) is 14.3 Å². The highest BCUT2D eigenvalue weighted by Gasteiger charge is 2.18. The molecule has 0 aliphatic heterocycles. The van der Waals surface area contributed by atoms with Gasteiger partial charge in [-0.15, -0.1) is 0 Å². The van der Waals surface area contributed by atoms with Crippen LogP contribution in [0.1, 0.15) is 13.8 Å². The summed E-state index contributed by atoms with van der Waals surface area (Å²) < 4.78 is 4.73. The van der Waals surface area contributed by atoms with Gasteiger partial charge in [0.1, 0.15) is 0 Å². The molecule has 0 saturated heterocycles. The molecule has 6 heteroatoms. The Labute approximate surface area is 109 Å². The maximum Gasteiger partial charge on any atom is 0.303 e. The van der Waals surface area contributed by atoms with Crippen LogP contribution in [0.5, 0.6) is 0 Å². The zero-order valence-electron chi connectivity index (χ0n) is 9.29. The summed E-state index contributed by atoms with van der Waals surface area (Å²) in [5.41, 5.74) is 0.305. The maximum atomic E-state index is 11.6. The van der Waals surface area contributed by atoms with E-state index in [9.17, 15) is 9.59 Å². The van der Waals surface area contributed by atoms with E-state index < -0.39 is 18.0 Å². The average molecular weight is 276 g/mol. The van der Waals surface area contributed by atoms with Crippen LogP contribution >= 0.6 is 23.2 Å². The molecule has 0 unspecified atom stereocenters. The maximum absolute atomic E-state index is 11.6. The summed E-state index contributed by atoms with van der Waals surface area (Å²) in [6.45, 7) is 2.69. The van der Waals surface area contributed by atoms with Gasteiger partial charge in [0.2, 0.25) is 0 Å². The lowest BCUT2D eigenvalue weighted by molar-refractivity contribution is -0.150. The van der Waals surface area contributed by atoms with E-state index in [0.29, 0.717) is 15.7 Å². The minimum atomic E-state index is -0.903. The lowest BCUT2D eigenvalue weighted by Gasteiger charge is -2.13. The molecule has 0 saturated carbocycles. The molecule has 1 rings (SSSR count). The summed E-state index contributed by atoms with van der Waals surface area (Å²) >= 11 is 11.8. The second-order valence-corrected chi connectivity index (χ2v) is 4.15. The third kappa shape index (κ3) is 3.91. The molecule has 4 nitrogen and oxygen atoms in total. The minimum absolute atomic E-state index is 0.305. The molecule has 1 aromatic carbocycles. The number of rotatable bonds is 3. The highest BCUT2D eigenvalue weighted by atomic mass is 35.5. The number of carbonyl (C=O) groups excluding carboxylic acids is 2. The second kappa shape index (κ2) is 5.89. The topological polar surface area (TPSA) is 55.4 Å². The predicted molar refractivity (Wildman–Crippen MR) is 66.3 cm³/mol. The number of amides is 1. The molecule has 0 bridgehead atoms. The first-order chi connectivity index (χ1) is 7.91. The fourth-order valence-electron chi connectivity index (χ4n) is 1.14. The molecule has 0 aliphatic rings. The molecule has 1 atom stereocenters. The Morgan fingerprint density at radius 1 is 1.29 bits per heavy atom. The van der Waals surface area contributed by atoms with Gasteiger partial charge in [-0.3, -0.25) is 9.59 Å². The van der Waals surface area contributed by atoms with Crippen LogP contribution in [0.2, 0.25) is 10.0 Å². The van der Waals surface area contributed by atoms with E-state index in [4.69, 9.17) is 27.9 Å². The Morgan fingerprint density at radius 2 is 1.82 bits per heavy atom. The van der Waals surface area contributed by atoms with Gasteiger partial charge in [-0.05, 0) is 19.1 Å². The van der Waals surface area contributed by atoms with Crippen LogP contribution in [0.25, 0.3) is 0 Å². The zero-order valence-corrected chi connectivity index (χ0v) is 10.8. The van der Waals surface area contributed by atoms with E-state index in [2.05, 4.69) is 5.32 Å². The molecule has 0 aliphatic carbocycles. The first kappa shape index (κ1) is 13.8. The van der Waals surface area contributed by atoms with Gasteiger partial charge >= 0.3 is 5.97 Å². The molecular formula is C11H11Cl2NO3. The van der Waals surface area contributed by atoms with Gasteiger partial charge in [-0.1, -0.05) is 29.3 Å². The number of carbonyl (C=O) groups is 2. The number of para-hydroxylation sites is 1. The smallest absolute Gasteiger partial charge is 0.303 e. The highest BCUT2D eigenvalue weighted by Crippen LogP contribution is 2.29. The Balaban J connectivity index is 2.78. The van der Waals surface area contributed by atoms with Crippen LogP contribution < -0.4 is 5.32 Å². The van der Waals surface area contributed by atoms with Crippen molar-refractivity contribution >= 4 is 40.8 Å². The fraction of sp³-hybridized carbons (Fsp3) is 0.273. The normalized spacial score (nSPS) is 11.8. The Kier molecular flexibility index (Phi) is 4.78. The number of halogens is 2. The molecule has 0 aromatic heterocycles. The van der Waals surface area contributed by atoms with E-state index in [-0.39, 0.29) is 0 Å². The molecule has 92 valence electrons. The third-order valence-corrected chi connectivity index (χ3v) is 2.55. The Bertz CT molecular complexity index is 428. The molecule has 1 aromatic rings. The minimum Gasteiger partial charge on any atom is -0.453 e. The molecule has 0 fully saturated rings. The zero-order chi connectivity index (χ0) is 13.0. The van der Waals surface area contributed by atoms with Gasteiger partial charge < -0.3 is 10.1 Å². The lowest BCUT2D eigenvalue weighted by Crippen LogP contribution is -2.29. The van der Waals surface area contributed by atoms with Crippen molar-refractivity contribution in [2.24, 2.45) is 0 Å². The number of ether oxygens (including phenoxy) is 1. The van der Waals surface area contributed by atoms with Gasteiger partial charge in [-0.25, -0.2) is 0 Å². The molecule has 1 N–H and O–H groups in total. The van der Waals surface area contributed by atoms with Crippen molar-refractivity contribution in [1.29, 1.82) is 0 Å². The third-order valence-electron chi connectivity index (χ3n) is 1.92. The number of nitrogens with one attached hydrogen (secondary N) is 1. The van der Waals surface area contributed by atoms with Gasteiger partial charge in [0.05, 0.1) is 15.7 Å². The molecule has 1 amide bonds. The van der Waals surface area contributed by atoms with E-state index in [0.717, 1.165) is 0 Å². The van der Waals surface area contributed by atoms with E-state index >= 15 is 0 Å². The van der Waals surface area contributed by atoms with Crippen LogP contribution in [0.15, 0.2) is 18.2 Å². The number of hydrogen-bond donors (Lipinski definition) is 1. The highest BCUT2D eigenvalue weighted by molar-refractivity contribution is 6.39. The van der Waals surface area contributed by atoms with Gasteiger partial charge in [0, 0.05) is 6.92 Å². The van der Waals surface area contributed by atoms with E-state index in [1.54, 1.807) is 18.2 Å². The van der Waals surface area contributed by atoms with Crippen LogP contribution in [0.3, 0.4) is 0 Å². The van der Waals surface area contributed by atoms with Crippen LogP contribution in [-0.4, -0.2) is 18.0 Å². The summed E-state index contributed by atoms with van der Waals surface area (Å²) in [6, 6.07) is 4.86. The molecule has 0 spiro atoms. The van der Waals surface area contributed by atoms with E-state index in [1.807, 2.05) is 0 Å². The number of anilines is 1. The summed E-state index contributed by atoms with van der Waals surface area (Å²) in [4.78, 5) is 22.3. The van der Waals surface area contributed by atoms with Crippen molar-refractivity contribution < 1.29 is 14.3 Å². The van der Waals surface area contributed by atoms with Crippen LogP contribution in [0, 0.1) is 0 Å². The fourth-order valence-corrected chi connectivity index (χ4v) is 1.64. The monoisotopic (exact) mass is 275 g/mol. The summed E-state index contributed by atoms with van der Waals surface area (Å²) in [5.74, 6) is -1.02. The predicted octanol–water partition coefficient (Wildman–Crippen LogP) is 2.88. The summed E-state index contributed by atoms with van der Waals surface area (Å²) in [6.07, 6.45) is -0.903. The largest absolute Gasteiger partial charge is 0.453 e. The van der Waals surface area contributed by atoms with Crippen molar-refractivity contribution in [3.05, 3.63) is 28.2 Å². The van der Waals surface area contributed by atoms with Crippen molar-refractivity contribution in [1.82, 2.24) is 0 Å². The second-order valence-electron chi connectivity index (χ2n) is 3.34. The Morgan fingerprint density at radius 3 is 2.29 bits per heavy atom. The van der Waals surface area contributed by atoms with Crippen LogP contribution in [0.4, 0.5) is 5.69 Å². The summed E-state index contributed by atoms with van der Waals surface area (Å²) in [5, 5.41) is 3.14. The molecule has 17 heavy (non-hydrogen) atoms.